The molecule has 0 unspecified atom stereocenters. The van der Waals surface area contributed by atoms with Gasteiger partial charge in [0.2, 0.25) is 0 Å². The topological polar surface area (TPSA) is 50.9 Å². The van der Waals surface area contributed by atoms with Crippen LogP contribution in [-0.2, 0) is 42.7 Å². The maximum Gasteiger partial charge on any atom is 0.148 e. The van der Waals surface area contributed by atoms with E-state index in [-0.39, 0.29) is 48.5 Å². The number of para-hydroxylation sites is 1. The van der Waals surface area contributed by atoms with Crippen LogP contribution in [0.15, 0.2) is 128 Å². The number of imidazole rings is 1. The van der Waals surface area contributed by atoms with Crippen LogP contribution in [0.25, 0.3) is 72.7 Å². The maximum absolute atomic E-state index is 12.6. The van der Waals surface area contributed by atoms with Gasteiger partial charge in [0, 0.05) is 44.1 Å². The first-order chi connectivity index (χ1) is 32.6. The van der Waals surface area contributed by atoms with E-state index in [1.807, 2.05) is 6.20 Å². The molecule has 71 heavy (non-hydrogen) atoms. The summed E-state index contributed by atoms with van der Waals surface area (Å²) in [7, 11) is -3.01. The van der Waals surface area contributed by atoms with Crippen LogP contribution in [0.4, 0.5) is 0 Å². The fourth-order valence-corrected chi connectivity index (χ4v) is 20.7. The smallest absolute Gasteiger partial charge is 0.148 e. The SMILES string of the molecule is CC(C)(C)c1cc(-c2cc(-c3ccc4c(c3)[Si](C)(C)CC[Si]4(C)C)ccn2)[c-]c(-c2cccc3c2nc(-c2cc(C(C)(C)C)cc(C(C)(C)C)c2O)n3-c2ccc(C(C)(C)C)cc2-c2ccccc2)c1.[Pt]. The molecule has 0 aliphatic carbocycles. The Morgan fingerprint density at radius 1 is 0.521 bits per heavy atom. The molecule has 9 rings (SSSR count). The van der Waals surface area contributed by atoms with Crippen molar-refractivity contribution in [3.63, 3.8) is 0 Å². The summed E-state index contributed by atoms with van der Waals surface area (Å²) in [5, 5.41) is 15.9. The standard InChI is InChI=1S/C64H74N3OSi2.Pt/c1-61(2,3)46-26-27-54(50(38-46)41-21-18-17-19-22-41)67-55-24-20-23-49(58(55)66-60(67)51-39-48(63(7,8)9)40-52(59(51)68)64(10,11)12)44-33-45(35-47(34-44)62(4,5)6)53-36-43(29-30-65-53)42-25-28-56-57(37-42)70(15,16)32-31-69(56,13)14;/h17-30,34-40,68H,31-32H2,1-16H3;/q-1;. The summed E-state index contributed by atoms with van der Waals surface area (Å²) in [5.41, 5.74) is 15.7. The summed E-state index contributed by atoms with van der Waals surface area (Å²) in [6, 6.07) is 51.5. The molecule has 8 aromatic rings. The summed E-state index contributed by atoms with van der Waals surface area (Å²) in [5.74, 6) is 0.956. The number of phenolic OH excluding ortho intramolecular Hbond substituents is 1. The molecule has 370 valence electrons. The molecule has 3 heterocycles. The Kier molecular flexibility index (Phi) is 13.5. The van der Waals surface area contributed by atoms with Gasteiger partial charge in [-0.25, -0.2) is 4.98 Å². The summed E-state index contributed by atoms with van der Waals surface area (Å²) in [6.45, 7) is 37.1. The third-order valence-corrected chi connectivity index (χ3v) is 22.7. The van der Waals surface area contributed by atoms with E-state index in [0.717, 1.165) is 61.4 Å². The van der Waals surface area contributed by atoms with E-state index in [1.165, 1.54) is 34.3 Å². The van der Waals surface area contributed by atoms with Gasteiger partial charge in [-0.2, -0.15) is 0 Å². The van der Waals surface area contributed by atoms with E-state index in [2.05, 4.69) is 241 Å². The van der Waals surface area contributed by atoms with Gasteiger partial charge in [-0.1, -0.05) is 222 Å². The number of hydrogen-bond donors (Lipinski definition) is 1. The third kappa shape index (κ3) is 10.0. The molecule has 0 atom stereocenters. The van der Waals surface area contributed by atoms with Crippen molar-refractivity contribution in [2.24, 2.45) is 0 Å². The number of pyridine rings is 1. The first kappa shape index (κ1) is 52.2. The molecule has 6 aromatic carbocycles. The van der Waals surface area contributed by atoms with Crippen molar-refractivity contribution in [3.05, 3.63) is 156 Å². The molecule has 0 radical (unpaired) electrons. The average Bonchev–Trinajstić information content (AvgIpc) is 3.68. The van der Waals surface area contributed by atoms with E-state index in [0.29, 0.717) is 11.4 Å². The van der Waals surface area contributed by atoms with Gasteiger partial charge in [0.1, 0.15) is 11.6 Å². The van der Waals surface area contributed by atoms with Crippen molar-refractivity contribution in [1.82, 2.24) is 14.5 Å². The second-order valence-electron chi connectivity index (χ2n) is 25.6. The largest absolute Gasteiger partial charge is 0.507 e. The monoisotopic (exact) mass is 1150 g/mol. The maximum atomic E-state index is 12.6. The second-order valence-corrected chi connectivity index (χ2v) is 35.2. The van der Waals surface area contributed by atoms with Gasteiger partial charge in [0.15, 0.2) is 0 Å². The Morgan fingerprint density at radius 3 is 1.77 bits per heavy atom. The van der Waals surface area contributed by atoms with Crippen molar-refractivity contribution >= 4 is 37.6 Å². The van der Waals surface area contributed by atoms with Crippen LogP contribution >= 0.6 is 0 Å². The van der Waals surface area contributed by atoms with Crippen LogP contribution in [-0.4, -0.2) is 35.8 Å². The number of benzene rings is 6. The molecule has 1 aliphatic rings. The molecule has 0 saturated heterocycles. The average molecular weight is 1150 g/mol. The van der Waals surface area contributed by atoms with E-state index in [4.69, 9.17) is 9.97 Å². The molecular weight excluding hydrogens is 1080 g/mol. The summed E-state index contributed by atoms with van der Waals surface area (Å²) < 4.78 is 2.30. The normalized spacial score (nSPS) is 14.8. The molecule has 4 nitrogen and oxygen atoms in total. The molecule has 7 heteroatoms. The number of phenols is 1. The quantitative estimate of drug-likeness (QED) is 0.133. The van der Waals surface area contributed by atoms with Crippen LogP contribution in [0, 0.1) is 6.07 Å². The number of hydrogen-bond acceptors (Lipinski definition) is 3. The summed E-state index contributed by atoms with van der Waals surface area (Å²) in [6.07, 6.45) is 1.97. The molecule has 1 N–H and O–H groups in total. The fourth-order valence-electron chi connectivity index (χ4n) is 10.4. The Labute approximate surface area is 441 Å². The predicted molar refractivity (Wildman–Crippen MR) is 305 cm³/mol. The Bertz CT molecular complexity index is 3320. The van der Waals surface area contributed by atoms with Gasteiger partial charge in [-0.15, -0.1) is 29.3 Å². The van der Waals surface area contributed by atoms with Crippen LogP contribution in [0.1, 0.15) is 105 Å². The molecule has 0 saturated carbocycles. The molecule has 0 spiro atoms. The van der Waals surface area contributed by atoms with E-state index in [9.17, 15) is 5.11 Å². The Balaban J connectivity index is 0.00000676. The van der Waals surface area contributed by atoms with Gasteiger partial charge in [0.05, 0.1) is 38.4 Å². The zero-order valence-electron chi connectivity index (χ0n) is 45.1. The summed E-state index contributed by atoms with van der Waals surface area (Å²) >= 11 is 0. The van der Waals surface area contributed by atoms with Crippen molar-refractivity contribution in [2.45, 2.75) is 143 Å². The van der Waals surface area contributed by atoms with Crippen molar-refractivity contribution in [3.8, 4) is 67.5 Å². The van der Waals surface area contributed by atoms with Crippen LogP contribution in [0.3, 0.4) is 0 Å². The van der Waals surface area contributed by atoms with Gasteiger partial charge in [0.25, 0.3) is 0 Å². The first-order valence-electron chi connectivity index (χ1n) is 25.4. The minimum Gasteiger partial charge on any atom is -0.507 e. The molecule has 0 bridgehead atoms. The van der Waals surface area contributed by atoms with Crippen molar-refractivity contribution in [1.29, 1.82) is 0 Å². The van der Waals surface area contributed by atoms with E-state index in [1.54, 1.807) is 10.4 Å². The number of rotatable bonds is 6. The van der Waals surface area contributed by atoms with Crippen LogP contribution < -0.4 is 10.4 Å². The van der Waals surface area contributed by atoms with Crippen LogP contribution in [0.2, 0.25) is 38.3 Å². The first-order valence-corrected chi connectivity index (χ1v) is 31.8. The molecule has 1 aliphatic heterocycles. The number of fused-ring (bicyclic) bond motifs is 2. The van der Waals surface area contributed by atoms with E-state index >= 15 is 0 Å². The third-order valence-electron chi connectivity index (χ3n) is 15.1. The number of aromatic hydroxyl groups is 1. The zero-order chi connectivity index (χ0) is 50.5. The van der Waals surface area contributed by atoms with Gasteiger partial charge in [-0.05, 0) is 79.8 Å². The summed E-state index contributed by atoms with van der Waals surface area (Å²) in [4.78, 5) is 10.8. The Hall–Kier alpha value is -5.14. The van der Waals surface area contributed by atoms with Gasteiger partial charge in [-0.3, -0.25) is 9.55 Å². The van der Waals surface area contributed by atoms with Gasteiger partial charge >= 0.3 is 0 Å². The molecule has 0 fully saturated rings. The fraction of sp³-hybridized carbons (Fsp3) is 0.344. The predicted octanol–water partition coefficient (Wildman–Crippen LogP) is 16.3. The van der Waals surface area contributed by atoms with Crippen molar-refractivity contribution < 1.29 is 26.2 Å². The molecule has 0 amide bonds. The van der Waals surface area contributed by atoms with Gasteiger partial charge < -0.3 is 5.11 Å². The number of nitrogens with zero attached hydrogens (tertiary/aromatic N) is 3. The van der Waals surface area contributed by atoms with Crippen LogP contribution in [0.5, 0.6) is 5.75 Å². The zero-order valence-corrected chi connectivity index (χ0v) is 49.4. The molecular formula is C64H74N3OPtSi2-. The van der Waals surface area contributed by atoms with E-state index < -0.39 is 16.1 Å². The Morgan fingerprint density at radius 2 is 1.13 bits per heavy atom. The second kappa shape index (κ2) is 18.4. The van der Waals surface area contributed by atoms with Crippen molar-refractivity contribution in [2.75, 3.05) is 0 Å². The minimum absolute atomic E-state index is 0. The minimum atomic E-state index is -1.55. The molecule has 2 aromatic heterocycles. The number of aromatic nitrogens is 3.